The number of rotatable bonds is 2. The summed E-state index contributed by atoms with van der Waals surface area (Å²) < 4.78 is 0. The molecule has 0 aromatic heterocycles. The van der Waals surface area contributed by atoms with E-state index >= 15 is 0 Å². The third-order valence-corrected chi connectivity index (χ3v) is 26.8. The molecule has 28 aromatic carbocycles. The van der Waals surface area contributed by atoms with Crippen LogP contribution in [0.2, 0.25) is 0 Å². The van der Waals surface area contributed by atoms with Gasteiger partial charge in [0.2, 0.25) is 0 Å². The van der Waals surface area contributed by atoms with Crippen LogP contribution in [0.3, 0.4) is 0 Å². The number of aryl methyl sites for hydroxylation is 2. The summed E-state index contributed by atoms with van der Waals surface area (Å²) in [5, 5.41) is 83.5. The van der Waals surface area contributed by atoms with Crippen LogP contribution in [0.25, 0.3) is 269 Å². The molecule has 6 aliphatic rings. The molecule has 6 aliphatic carbocycles. The lowest BCUT2D eigenvalue weighted by molar-refractivity contribution is 0.323. The zero-order valence-corrected chi connectivity index (χ0v) is 38.8. The predicted octanol–water partition coefficient (Wildman–Crippen LogP) is 19.6. The molecule has 0 N–H and O–H groups in total. The van der Waals surface area contributed by atoms with Crippen LogP contribution < -0.4 is 0 Å². The van der Waals surface area contributed by atoms with Crippen molar-refractivity contribution in [1.82, 2.24) is 0 Å². The first kappa shape index (κ1) is 28.4. The third kappa shape index (κ3) is 1.56. The first-order valence-electron chi connectivity index (χ1n) is 27.9. The Morgan fingerprint density at radius 3 is 0.608 bits per heavy atom. The molecule has 0 heterocycles. The highest BCUT2D eigenvalue weighted by atomic mass is 14.7. The minimum atomic E-state index is -0.348. The SMILES string of the molecule is Cc1ccc(C23c4c5c6c7c8c9c%10c%11c%12c(c%13c%14c2c2c4c4c6c6c%15c7c7c9c9c%10c%10c%12c%12c%13c%13c%14c%14c2c2c4c6c4c6c2c%14c2c%13c%13c%12c%10c%10c9c9c7c%15c4c4c9c%10c%13c2c64)C3C%11C58c2ccc(C)cc2)cc1. The maximum atomic E-state index is 2.67. The molecule has 0 saturated heterocycles. The molecule has 0 fully saturated rings. The van der Waals surface area contributed by atoms with E-state index < -0.39 is 0 Å². The van der Waals surface area contributed by atoms with Crippen LogP contribution in [0.1, 0.15) is 67.5 Å². The van der Waals surface area contributed by atoms with Crippen LogP contribution in [-0.2, 0) is 10.8 Å². The van der Waals surface area contributed by atoms with Gasteiger partial charge in [0.05, 0.1) is 10.8 Å². The summed E-state index contributed by atoms with van der Waals surface area (Å²) >= 11 is 0. The highest BCUT2D eigenvalue weighted by Gasteiger charge is 2.73. The zero-order chi connectivity index (χ0) is 44.5. The van der Waals surface area contributed by atoms with Gasteiger partial charge in [-0.1, -0.05) is 59.7 Å². The number of benzene rings is 19. The Morgan fingerprint density at radius 1 is 0.189 bits per heavy atom. The van der Waals surface area contributed by atoms with Crippen molar-refractivity contribution in [2.24, 2.45) is 0 Å². The second-order valence-electron chi connectivity index (χ2n) is 27.4. The number of hydrogen-bond acceptors (Lipinski definition) is 0. The fourth-order valence-electron chi connectivity index (χ4n) is 26.5. The highest BCUT2D eigenvalue weighted by molar-refractivity contribution is 6.80. The lowest BCUT2D eigenvalue weighted by Crippen LogP contribution is -2.51. The minimum absolute atomic E-state index is 0.252. The van der Waals surface area contributed by atoms with Crippen molar-refractivity contribution in [3.05, 3.63) is 104 Å². The lowest BCUT2D eigenvalue weighted by atomic mass is 9.43. The molecule has 0 bridgehead atoms. The molecule has 4 unspecified atom stereocenters. The van der Waals surface area contributed by atoms with Gasteiger partial charge in [0.15, 0.2) is 0 Å². The molecular formula is C74H16. The summed E-state index contributed by atoms with van der Waals surface area (Å²) in [4.78, 5) is 0. The Kier molecular flexibility index (Phi) is 2.53. The Balaban J connectivity index is 1.16. The fourth-order valence-corrected chi connectivity index (χ4v) is 26.5. The van der Waals surface area contributed by atoms with Crippen molar-refractivity contribution in [3.8, 4) is 0 Å². The van der Waals surface area contributed by atoms with Gasteiger partial charge in [-0.15, -0.1) is 0 Å². The van der Waals surface area contributed by atoms with Gasteiger partial charge in [0.25, 0.3) is 0 Å². The van der Waals surface area contributed by atoms with Gasteiger partial charge >= 0.3 is 0 Å². The molecule has 0 aliphatic heterocycles. The van der Waals surface area contributed by atoms with E-state index in [0.717, 1.165) is 0 Å². The fraction of sp³-hybridized carbons (Fsp3) is 0.0811. The summed E-state index contributed by atoms with van der Waals surface area (Å²) in [6.07, 6.45) is 0. The van der Waals surface area contributed by atoms with E-state index in [-0.39, 0.29) is 22.7 Å². The van der Waals surface area contributed by atoms with Crippen LogP contribution in [0, 0.1) is 13.8 Å². The Morgan fingerprint density at radius 2 is 0.365 bits per heavy atom. The summed E-state index contributed by atoms with van der Waals surface area (Å²) in [5.41, 5.74) is 15.7. The summed E-state index contributed by atoms with van der Waals surface area (Å²) in [6.45, 7) is 4.66. The smallest absolute Gasteiger partial charge is 0.0549 e. The van der Waals surface area contributed by atoms with Crippen molar-refractivity contribution >= 4 is 269 Å². The Bertz CT molecular complexity index is 7260. The molecule has 0 amide bonds. The van der Waals surface area contributed by atoms with Gasteiger partial charge < -0.3 is 0 Å². The summed E-state index contributed by atoms with van der Waals surface area (Å²) in [5.74, 6) is 0.504. The van der Waals surface area contributed by atoms with E-state index in [2.05, 4.69) is 62.4 Å². The molecule has 4 atom stereocenters. The van der Waals surface area contributed by atoms with E-state index in [9.17, 15) is 0 Å². The molecule has 0 spiro atoms. The van der Waals surface area contributed by atoms with Gasteiger partial charge in [-0.2, -0.15) is 0 Å². The Labute approximate surface area is 407 Å². The highest BCUT2D eigenvalue weighted by Crippen LogP contribution is 2.88. The van der Waals surface area contributed by atoms with Gasteiger partial charge in [-0.25, -0.2) is 0 Å². The van der Waals surface area contributed by atoms with Gasteiger partial charge in [0, 0.05) is 11.8 Å². The zero-order valence-electron chi connectivity index (χ0n) is 38.8. The second-order valence-corrected chi connectivity index (χ2v) is 27.4. The predicted molar refractivity (Wildman–Crippen MR) is 311 cm³/mol. The van der Waals surface area contributed by atoms with Crippen molar-refractivity contribution < 1.29 is 0 Å². The lowest BCUT2D eigenvalue weighted by Gasteiger charge is -2.57. The molecule has 0 nitrogen and oxygen atoms in total. The molecule has 74 heavy (non-hydrogen) atoms. The maximum Gasteiger partial charge on any atom is 0.0549 e. The quantitative estimate of drug-likeness (QED) is 0.152. The van der Waals surface area contributed by atoms with E-state index in [1.807, 2.05) is 0 Å². The maximum absolute atomic E-state index is 2.67. The average molecular weight is 905 g/mol. The van der Waals surface area contributed by atoms with Crippen molar-refractivity contribution in [2.75, 3.05) is 0 Å². The minimum Gasteiger partial charge on any atom is -0.0590 e. The van der Waals surface area contributed by atoms with Crippen LogP contribution >= 0.6 is 0 Å². The molecule has 0 radical (unpaired) electrons. The van der Waals surface area contributed by atoms with E-state index in [0.29, 0.717) is 0 Å². The molecule has 312 valence electrons. The van der Waals surface area contributed by atoms with Gasteiger partial charge in [-0.05, 0) is 328 Å². The average Bonchev–Trinajstić information content (AvgIpc) is 3.58. The molecular weight excluding hydrogens is 889 g/mol. The van der Waals surface area contributed by atoms with Crippen LogP contribution in [0.5, 0.6) is 0 Å². The molecule has 0 saturated carbocycles. The monoisotopic (exact) mass is 904 g/mol. The molecule has 34 rings (SSSR count). The largest absolute Gasteiger partial charge is 0.0590 e. The van der Waals surface area contributed by atoms with E-state index in [4.69, 9.17) is 0 Å². The van der Waals surface area contributed by atoms with E-state index in [1.54, 1.807) is 314 Å². The Hall–Kier alpha value is -8.84. The normalized spacial score (nSPS) is 23.6. The van der Waals surface area contributed by atoms with Crippen molar-refractivity contribution in [2.45, 2.75) is 36.5 Å². The van der Waals surface area contributed by atoms with Crippen LogP contribution in [0.15, 0.2) is 48.5 Å². The first-order chi connectivity index (χ1) is 36.7. The van der Waals surface area contributed by atoms with Crippen LogP contribution in [-0.4, -0.2) is 0 Å². The van der Waals surface area contributed by atoms with Gasteiger partial charge in [0.1, 0.15) is 0 Å². The third-order valence-electron chi connectivity index (χ3n) is 26.8. The standard InChI is InChI=1S/C74H16/c1-11-3-7-13(8-4-11)73-67-59-50-43-30-23-17-18-20-16-15-19(17)28(30)34-32-21(15)25-22(16)33-35-29(20)31-24(18)27-26(23)37-45-38(27)47-44(31)51-49(35)53-40(33)42-36(25)41-39(32)52(48(34)50)63(67)65-54(41)55(42)66-64(53)68-60(51)57(47)62-58(45)61(56(59)46(37)43)69(73)70(62)74(68,72(66)71(65)73)14-9-5-12(2)6-10-14/h3-10,69-70H,1-2H3. The summed E-state index contributed by atoms with van der Waals surface area (Å²) in [7, 11) is 0. The van der Waals surface area contributed by atoms with Gasteiger partial charge in [-0.3, -0.25) is 0 Å². The second kappa shape index (κ2) is 6.58. The topological polar surface area (TPSA) is 0 Å². The number of hydrogen-bond donors (Lipinski definition) is 0. The summed E-state index contributed by atoms with van der Waals surface area (Å²) in [6, 6.07) is 20.8. The van der Waals surface area contributed by atoms with Crippen molar-refractivity contribution in [3.63, 3.8) is 0 Å². The van der Waals surface area contributed by atoms with E-state index in [1.165, 1.54) is 11.1 Å². The molecule has 0 heteroatoms. The first-order valence-corrected chi connectivity index (χ1v) is 27.9. The van der Waals surface area contributed by atoms with Crippen molar-refractivity contribution in [1.29, 1.82) is 0 Å². The van der Waals surface area contributed by atoms with Crippen LogP contribution in [0.4, 0.5) is 0 Å². The molecule has 28 aromatic rings.